The normalized spacial score (nSPS) is 8.44. The molecule has 9 heavy (non-hydrogen) atoms. The third-order valence-electron chi connectivity index (χ3n) is 0.247. The topological polar surface area (TPSA) is 111 Å². The second-order valence-corrected chi connectivity index (χ2v) is 0.876. The zero-order chi connectivity index (χ0) is 6.57. The molecule has 0 spiro atoms. The van der Waals surface area contributed by atoms with Crippen LogP contribution in [-0.2, 0) is 0 Å². The van der Waals surface area contributed by atoms with E-state index in [0.29, 0.717) is 0 Å². The van der Waals surface area contributed by atoms with Gasteiger partial charge in [0.1, 0.15) is 0 Å². The van der Waals surface area contributed by atoms with Crippen molar-refractivity contribution >= 4 is 35.1 Å². The van der Waals surface area contributed by atoms with Gasteiger partial charge in [0.05, 0.1) is 0 Å². The molecule has 0 fully saturated rings. The van der Waals surface area contributed by atoms with Gasteiger partial charge < -0.3 is 14.3 Å². The number of hydrogen-bond donors (Lipinski definition) is 2. The van der Waals surface area contributed by atoms with Crippen LogP contribution in [0.3, 0.4) is 0 Å². The predicted molar refractivity (Wildman–Crippen MR) is 32.0 cm³/mol. The first-order valence-electron chi connectivity index (χ1n) is 1.63. The van der Waals surface area contributed by atoms with Crippen LogP contribution in [-0.4, -0.2) is 35.1 Å². The Morgan fingerprint density at radius 2 is 1.33 bits per heavy atom. The van der Waals surface area contributed by atoms with Crippen molar-refractivity contribution in [2.24, 2.45) is 21.7 Å². The Morgan fingerprint density at radius 1 is 1.11 bits per heavy atom. The van der Waals surface area contributed by atoms with Crippen LogP contribution in [0.1, 0.15) is 2.85 Å². The molecule has 0 radical (unpaired) electrons. The summed E-state index contributed by atoms with van der Waals surface area (Å²) >= 11 is 0. The zero-order valence-electron chi connectivity index (χ0n) is 6.57. The van der Waals surface area contributed by atoms with Crippen LogP contribution in [0, 0.1) is 0 Å². The molecule has 4 amide bonds. The molecule has 6 nitrogen and oxygen atoms in total. The molecule has 7 heteroatoms. The fraction of sp³-hybridized carbons (Fsp3) is 0. The van der Waals surface area contributed by atoms with E-state index < -0.39 is 12.1 Å². The SMILES string of the molecule is NC(=O)N=NC(N)=O.[H-].[H-].[Mg+2]. The summed E-state index contributed by atoms with van der Waals surface area (Å²) in [6.45, 7) is 0. The molecule has 48 valence electrons. The van der Waals surface area contributed by atoms with Crippen molar-refractivity contribution in [2.45, 2.75) is 0 Å². The van der Waals surface area contributed by atoms with Crippen LogP contribution in [0.15, 0.2) is 10.2 Å². The molecule has 0 saturated heterocycles. The van der Waals surface area contributed by atoms with Crippen LogP contribution >= 0.6 is 0 Å². The third-order valence-corrected chi connectivity index (χ3v) is 0.247. The van der Waals surface area contributed by atoms with Crippen molar-refractivity contribution in [2.75, 3.05) is 0 Å². The standard InChI is InChI=1S/C2H4N4O2.Mg.2H/c3-1(7)5-6-2(4)8;;;/h(H2,3,7)(H2,4,8);;;/q;+2;2*-1. The monoisotopic (exact) mass is 142 g/mol. The molecule has 0 aromatic carbocycles. The molecule has 0 atom stereocenters. The summed E-state index contributed by atoms with van der Waals surface area (Å²) in [6, 6.07) is -2.08. The van der Waals surface area contributed by atoms with Crippen molar-refractivity contribution in [3.05, 3.63) is 0 Å². The molecule has 0 bridgehead atoms. The van der Waals surface area contributed by atoms with Gasteiger partial charge in [-0.3, -0.25) is 0 Å². The maximum atomic E-state index is 9.66. The summed E-state index contributed by atoms with van der Waals surface area (Å²) in [5.74, 6) is 0. The number of amides is 4. The Labute approximate surface area is 69.8 Å². The smallest absolute Gasteiger partial charge is 1.00 e. The summed E-state index contributed by atoms with van der Waals surface area (Å²) in [4.78, 5) is 19.3. The van der Waals surface area contributed by atoms with Gasteiger partial charge in [0.25, 0.3) is 0 Å². The molecular formula is C2H6MgN4O2. The van der Waals surface area contributed by atoms with E-state index in [-0.39, 0.29) is 25.9 Å². The van der Waals surface area contributed by atoms with Crippen LogP contribution in [0.25, 0.3) is 0 Å². The van der Waals surface area contributed by atoms with Gasteiger partial charge in [0, 0.05) is 0 Å². The Balaban J connectivity index is -0.0000000817. The number of carbonyl (C=O) groups is 2. The van der Waals surface area contributed by atoms with Gasteiger partial charge in [-0.25, -0.2) is 9.59 Å². The maximum absolute atomic E-state index is 9.66. The van der Waals surface area contributed by atoms with Crippen molar-refractivity contribution in [1.82, 2.24) is 0 Å². The Morgan fingerprint density at radius 3 is 1.44 bits per heavy atom. The van der Waals surface area contributed by atoms with E-state index >= 15 is 0 Å². The summed E-state index contributed by atoms with van der Waals surface area (Å²) < 4.78 is 0. The van der Waals surface area contributed by atoms with E-state index in [2.05, 4.69) is 21.7 Å². The summed E-state index contributed by atoms with van der Waals surface area (Å²) in [5.41, 5.74) is 8.87. The van der Waals surface area contributed by atoms with E-state index in [0.717, 1.165) is 0 Å². The number of nitrogens with two attached hydrogens (primary N) is 2. The van der Waals surface area contributed by atoms with Crippen LogP contribution in [0.2, 0.25) is 0 Å². The van der Waals surface area contributed by atoms with E-state index in [9.17, 15) is 9.59 Å². The fourth-order valence-corrected chi connectivity index (χ4v) is 0.0986. The van der Waals surface area contributed by atoms with Gasteiger partial charge >= 0.3 is 35.1 Å². The quantitative estimate of drug-likeness (QED) is 0.349. The molecule has 4 N–H and O–H groups in total. The van der Waals surface area contributed by atoms with Gasteiger partial charge in [0.15, 0.2) is 0 Å². The first-order chi connectivity index (χ1) is 3.63. The molecule has 0 rings (SSSR count). The Hall–Kier alpha value is -0.694. The average molecular weight is 142 g/mol. The molecular weight excluding hydrogens is 136 g/mol. The van der Waals surface area contributed by atoms with Crippen molar-refractivity contribution in [3.63, 3.8) is 0 Å². The number of rotatable bonds is 0. The minimum absolute atomic E-state index is 0. The number of urea groups is 2. The largest absolute Gasteiger partial charge is 2.00 e. The van der Waals surface area contributed by atoms with Crippen molar-refractivity contribution < 1.29 is 12.4 Å². The third kappa shape index (κ3) is 11.1. The Bertz CT molecular complexity index is 135. The summed E-state index contributed by atoms with van der Waals surface area (Å²) in [7, 11) is 0. The van der Waals surface area contributed by atoms with Gasteiger partial charge in [-0.05, 0) is 0 Å². The fourth-order valence-electron chi connectivity index (χ4n) is 0.0986. The molecule has 0 unspecified atom stereocenters. The molecule has 0 saturated carbocycles. The summed E-state index contributed by atoms with van der Waals surface area (Å²) in [6.07, 6.45) is 0. The van der Waals surface area contributed by atoms with Crippen molar-refractivity contribution in [1.29, 1.82) is 0 Å². The van der Waals surface area contributed by atoms with E-state index in [1.165, 1.54) is 0 Å². The number of azo groups is 1. The molecule has 0 aromatic rings. The first kappa shape index (κ1) is 11.1. The second kappa shape index (κ2) is 5.44. The molecule has 0 aliphatic carbocycles. The molecule has 0 aromatic heterocycles. The summed E-state index contributed by atoms with van der Waals surface area (Å²) in [5, 5.41) is 5.23. The number of nitrogens with zero attached hydrogens (tertiary/aromatic N) is 2. The van der Waals surface area contributed by atoms with Crippen LogP contribution < -0.4 is 11.5 Å². The van der Waals surface area contributed by atoms with Crippen LogP contribution in [0.5, 0.6) is 0 Å². The van der Waals surface area contributed by atoms with Gasteiger partial charge in [-0.1, -0.05) is 10.2 Å². The molecule has 0 aliphatic rings. The molecule has 0 aliphatic heterocycles. The van der Waals surface area contributed by atoms with Crippen molar-refractivity contribution in [3.8, 4) is 0 Å². The Kier molecular flexibility index (Phi) is 6.74. The zero-order valence-corrected chi connectivity index (χ0v) is 5.99. The van der Waals surface area contributed by atoms with Gasteiger partial charge in [-0.15, -0.1) is 0 Å². The first-order valence-corrected chi connectivity index (χ1v) is 1.63. The van der Waals surface area contributed by atoms with Crippen LogP contribution in [0.4, 0.5) is 9.59 Å². The second-order valence-electron chi connectivity index (χ2n) is 0.876. The molecule has 0 heterocycles. The average Bonchev–Trinajstić information content (AvgIpc) is 1.61. The maximum Gasteiger partial charge on any atom is 2.00 e. The number of hydrogen-bond acceptors (Lipinski definition) is 2. The van der Waals surface area contributed by atoms with Gasteiger partial charge in [0.2, 0.25) is 0 Å². The van der Waals surface area contributed by atoms with Gasteiger partial charge in [-0.2, -0.15) is 0 Å². The number of primary amides is 2. The number of carbonyl (C=O) groups excluding carboxylic acids is 2. The predicted octanol–water partition coefficient (Wildman–Crippen LogP) is -0.560. The van der Waals surface area contributed by atoms with E-state index in [1.807, 2.05) is 0 Å². The van der Waals surface area contributed by atoms with E-state index in [4.69, 9.17) is 0 Å². The van der Waals surface area contributed by atoms with E-state index in [1.54, 1.807) is 0 Å². The minimum atomic E-state index is -1.04. The minimum Gasteiger partial charge on any atom is -1.00 e.